The molecule has 0 atom stereocenters. The molecular weight excluding hydrogens is 245 g/mol. The predicted octanol–water partition coefficient (Wildman–Crippen LogP) is 2.78. The fourth-order valence-electron chi connectivity index (χ4n) is 2.23. The molecule has 1 heterocycles. The fourth-order valence-corrected chi connectivity index (χ4v) is 2.23. The summed E-state index contributed by atoms with van der Waals surface area (Å²) in [5.74, 6) is 0.0747. The normalized spacial score (nSPS) is 22.6. The Bertz CT molecular complexity index is 344. The van der Waals surface area contributed by atoms with Crippen LogP contribution in [0.3, 0.4) is 0 Å². The second kappa shape index (κ2) is 5.63. The van der Waals surface area contributed by atoms with Crippen molar-refractivity contribution in [2.75, 3.05) is 13.2 Å². The molecule has 0 bridgehead atoms. The number of rotatable bonds is 3. The number of aliphatic imine (C=N–C) groups is 1. The van der Waals surface area contributed by atoms with Gasteiger partial charge in [0.25, 0.3) is 0 Å². The first kappa shape index (κ1) is 13.2. The molecule has 1 N–H and O–H groups in total. The van der Waals surface area contributed by atoms with Gasteiger partial charge in [0.1, 0.15) is 12.3 Å². The van der Waals surface area contributed by atoms with Crippen LogP contribution >= 0.6 is 0 Å². The summed E-state index contributed by atoms with van der Waals surface area (Å²) in [5, 5.41) is 2.60. The lowest BCUT2D eigenvalue weighted by Crippen LogP contribution is -2.36. The van der Waals surface area contributed by atoms with Gasteiger partial charge in [0.15, 0.2) is 0 Å². The van der Waals surface area contributed by atoms with Crippen molar-refractivity contribution in [2.24, 2.45) is 4.99 Å². The first-order valence-electron chi connectivity index (χ1n) is 6.28. The second-order valence-corrected chi connectivity index (χ2v) is 4.60. The van der Waals surface area contributed by atoms with Crippen LogP contribution in [-0.2, 0) is 4.74 Å². The molecular formula is C12H17F3N2O. The Hall–Kier alpha value is -1.20. The van der Waals surface area contributed by atoms with Crippen molar-refractivity contribution in [1.29, 1.82) is 0 Å². The van der Waals surface area contributed by atoms with E-state index in [2.05, 4.69) is 10.3 Å². The maximum atomic E-state index is 12.9. The molecule has 0 aromatic carbocycles. The Morgan fingerprint density at radius 2 is 2.00 bits per heavy atom. The Morgan fingerprint density at radius 3 is 2.56 bits per heavy atom. The van der Waals surface area contributed by atoms with E-state index >= 15 is 0 Å². The molecule has 3 nitrogen and oxygen atoms in total. The zero-order chi connectivity index (χ0) is 13.0. The Labute approximate surface area is 104 Å². The first-order valence-corrected chi connectivity index (χ1v) is 6.28. The molecule has 0 saturated heterocycles. The molecule has 0 radical (unpaired) electrons. The largest absolute Gasteiger partial charge is 0.476 e. The smallest absolute Gasteiger partial charge is 0.431 e. The van der Waals surface area contributed by atoms with Crippen LogP contribution in [0.5, 0.6) is 0 Å². The maximum Gasteiger partial charge on any atom is 0.431 e. The molecule has 0 unspecified atom stereocenters. The SMILES string of the molecule is FC(F)(F)/C(=C/C1=NCCO1)NC1CCCCC1. The van der Waals surface area contributed by atoms with Gasteiger partial charge in [-0.15, -0.1) is 0 Å². The number of nitrogens with zero attached hydrogens (tertiary/aromatic N) is 1. The molecule has 1 aliphatic heterocycles. The van der Waals surface area contributed by atoms with E-state index in [0.717, 1.165) is 38.2 Å². The number of alkyl halides is 3. The molecule has 0 amide bonds. The summed E-state index contributed by atoms with van der Waals surface area (Å²) >= 11 is 0. The van der Waals surface area contributed by atoms with E-state index in [9.17, 15) is 13.2 Å². The Morgan fingerprint density at radius 1 is 1.28 bits per heavy atom. The minimum absolute atomic E-state index is 0.0747. The van der Waals surface area contributed by atoms with Gasteiger partial charge in [0.2, 0.25) is 5.90 Å². The van der Waals surface area contributed by atoms with Crippen molar-refractivity contribution in [2.45, 2.75) is 44.3 Å². The average molecular weight is 262 g/mol. The molecule has 18 heavy (non-hydrogen) atoms. The Kier molecular flexibility index (Phi) is 4.14. The average Bonchev–Trinajstić information content (AvgIpc) is 2.81. The molecule has 0 aromatic heterocycles. The highest BCUT2D eigenvalue weighted by Gasteiger charge is 2.36. The summed E-state index contributed by atoms with van der Waals surface area (Å²) in [6, 6.07) is -0.0892. The standard InChI is InChI=1S/C12H17F3N2O/c13-12(14,15)10(8-11-16-6-7-18-11)17-9-4-2-1-3-5-9/h8-9,17H,1-7H2/b10-8-. The van der Waals surface area contributed by atoms with Crippen LogP contribution in [0, 0.1) is 0 Å². The Balaban J connectivity index is 2.05. The molecule has 1 fully saturated rings. The van der Waals surface area contributed by atoms with Crippen LogP contribution in [-0.4, -0.2) is 31.3 Å². The van der Waals surface area contributed by atoms with Crippen molar-refractivity contribution >= 4 is 5.90 Å². The minimum Gasteiger partial charge on any atom is -0.476 e. The van der Waals surface area contributed by atoms with E-state index in [-0.39, 0.29) is 11.9 Å². The third kappa shape index (κ3) is 3.65. The number of halogens is 3. The third-order valence-electron chi connectivity index (χ3n) is 3.15. The first-order chi connectivity index (χ1) is 8.55. The van der Waals surface area contributed by atoms with E-state index in [4.69, 9.17) is 4.74 Å². The van der Waals surface area contributed by atoms with E-state index in [1.165, 1.54) is 0 Å². The van der Waals surface area contributed by atoms with Crippen molar-refractivity contribution in [1.82, 2.24) is 5.32 Å². The van der Waals surface area contributed by atoms with Crippen molar-refractivity contribution in [3.05, 3.63) is 11.8 Å². The third-order valence-corrected chi connectivity index (χ3v) is 3.15. The van der Waals surface area contributed by atoms with E-state index in [1.807, 2.05) is 0 Å². The molecule has 2 aliphatic rings. The van der Waals surface area contributed by atoms with Crippen LogP contribution in [0.2, 0.25) is 0 Å². The summed E-state index contributed by atoms with van der Waals surface area (Å²) in [6.07, 6.45) is 1.26. The summed E-state index contributed by atoms with van der Waals surface area (Å²) in [7, 11) is 0. The lowest BCUT2D eigenvalue weighted by molar-refractivity contribution is -0.0980. The van der Waals surface area contributed by atoms with Crippen molar-refractivity contribution in [3.8, 4) is 0 Å². The van der Waals surface area contributed by atoms with E-state index < -0.39 is 11.9 Å². The highest BCUT2D eigenvalue weighted by Crippen LogP contribution is 2.27. The van der Waals surface area contributed by atoms with Crippen LogP contribution < -0.4 is 5.32 Å². The van der Waals surface area contributed by atoms with Gasteiger partial charge in [0.05, 0.1) is 6.54 Å². The molecule has 102 valence electrons. The number of allylic oxidation sites excluding steroid dienone is 1. The molecule has 0 spiro atoms. The van der Waals surface area contributed by atoms with Gasteiger partial charge in [-0.05, 0) is 12.8 Å². The summed E-state index contributed by atoms with van der Waals surface area (Å²) in [6.45, 7) is 0.792. The lowest BCUT2D eigenvalue weighted by Gasteiger charge is -2.26. The summed E-state index contributed by atoms with van der Waals surface area (Å²) < 4.78 is 43.7. The number of hydrogen-bond acceptors (Lipinski definition) is 3. The van der Waals surface area contributed by atoms with Crippen molar-refractivity contribution < 1.29 is 17.9 Å². The quantitative estimate of drug-likeness (QED) is 0.848. The maximum absolute atomic E-state index is 12.9. The van der Waals surface area contributed by atoms with Gasteiger partial charge < -0.3 is 10.1 Å². The van der Waals surface area contributed by atoms with Gasteiger partial charge >= 0.3 is 6.18 Å². The topological polar surface area (TPSA) is 33.6 Å². The zero-order valence-electron chi connectivity index (χ0n) is 10.1. The lowest BCUT2D eigenvalue weighted by atomic mass is 9.95. The molecule has 1 aliphatic carbocycles. The highest BCUT2D eigenvalue weighted by molar-refractivity contribution is 5.89. The monoisotopic (exact) mass is 262 g/mol. The summed E-state index contributed by atoms with van der Waals surface area (Å²) in [5.41, 5.74) is -0.741. The van der Waals surface area contributed by atoms with Crippen LogP contribution in [0.25, 0.3) is 0 Å². The van der Waals surface area contributed by atoms with Crippen LogP contribution in [0.4, 0.5) is 13.2 Å². The predicted molar refractivity (Wildman–Crippen MR) is 62.4 cm³/mol. The number of hydrogen-bond donors (Lipinski definition) is 1. The van der Waals surface area contributed by atoms with Gasteiger partial charge in [-0.2, -0.15) is 13.2 Å². The van der Waals surface area contributed by atoms with Crippen LogP contribution in [0.15, 0.2) is 16.8 Å². The van der Waals surface area contributed by atoms with E-state index in [0.29, 0.717) is 13.2 Å². The van der Waals surface area contributed by atoms with Gasteiger partial charge in [0, 0.05) is 12.1 Å². The van der Waals surface area contributed by atoms with Gasteiger partial charge in [-0.3, -0.25) is 0 Å². The van der Waals surface area contributed by atoms with Gasteiger partial charge in [-0.25, -0.2) is 4.99 Å². The second-order valence-electron chi connectivity index (χ2n) is 4.60. The van der Waals surface area contributed by atoms with Crippen LogP contribution in [0.1, 0.15) is 32.1 Å². The zero-order valence-corrected chi connectivity index (χ0v) is 10.1. The molecule has 6 heteroatoms. The highest BCUT2D eigenvalue weighted by atomic mass is 19.4. The summed E-state index contributed by atoms with van der Waals surface area (Å²) in [4.78, 5) is 3.86. The number of ether oxygens (including phenoxy) is 1. The molecule has 1 saturated carbocycles. The number of nitrogens with one attached hydrogen (secondary N) is 1. The molecule has 2 rings (SSSR count). The van der Waals surface area contributed by atoms with E-state index in [1.54, 1.807) is 0 Å². The molecule has 0 aromatic rings. The fraction of sp³-hybridized carbons (Fsp3) is 0.750. The van der Waals surface area contributed by atoms with Gasteiger partial charge in [-0.1, -0.05) is 19.3 Å². The minimum atomic E-state index is -4.38. The van der Waals surface area contributed by atoms with Crippen molar-refractivity contribution in [3.63, 3.8) is 0 Å².